The highest BCUT2D eigenvalue weighted by molar-refractivity contribution is 7.89. The van der Waals surface area contributed by atoms with E-state index in [4.69, 9.17) is 11.6 Å². The molecule has 1 aromatic heterocycles. The zero-order chi connectivity index (χ0) is 24.2. The molecule has 7 rings (SSSR count). The van der Waals surface area contributed by atoms with Crippen molar-refractivity contribution in [3.05, 3.63) is 63.5 Å². The van der Waals surface area contributed by atoms with Gasteiger partial charge >= 0.3 is 0 Å². The normalized spacial score (nSPS) is 32.4. The van der Waals surface area contributed by atoms with Gasteiger partial charge in [-0.3, -0.25) is 9.69 Å². The highest BCUT2D eigenvalue weighted by atomic mass is 35.5. The van der Waals surface area contributed by atoms with Crippen LogP contribution in [0.4, 0.5) is 0 Å². The highest BCUT2D eigenvalue weighted by Crippen LogP contribution is 2.39. The zero-order valence-corrected chi connectivity index (χ0v) is 21.4. The van der Waals surface area contributed by atoms with Crippen LogP contribution in [0, 0.1) is 17.8 Å². The lowest BCUT2D eigenvalue weighted by Gasteiger charge is -2.52. The maximum atomic E-state index is 12.7. The van der Waals surface area contributed by atoms with Gasteiger partial charge in [-0.15, -0.1) is 0 Å². The number of halogens is 1. The lowest BCUT2D eigenvalue weighted by molar-refractivity contribution is -0.0187. The molecule has 188 valence electrons. The number of nitrogens with zero attached hydrogens (tertiary/aromatic N) is 3. The van der Waals surface area contributed by atoms with E-state index in [1.165, 1.54) is 18.5 Å². The van der Waals surface area contributed by atoms with E-state index in [-0.39, 0.29) is 16.5 Å². The monoisotopic (exact) mass is 516 g/mol. The Labute approximate surface area is 212 Å². The number of benzene rings is 1. The minimum atomic E-state index is -3.53. The van der Waals surface area contributed by atoms with Crippen molar-refractivity contribution in [2.75, 3.05) is 39.3 Å². The molecule has 6 heterocycles. The van der Waals surface area contributed by atoms with Crippen molar-refractivity contribution in [2.45, 2.75) is 42.7 Å². The summed E-state index contributed by atoms with van der Waals surface area (Å²) in [5.74, 6) is 2.27. The maximum Gasteiger partial charge on any atom is 0.250 e. The second-order valence-corrected chi connectivity index (χ2v) is 13.1. The topological polar surface area (TPSA) is 74.7 Å². The van der Waals surface area contributed by atoms with E-state index >= 15 is 0 Å². The average Bonchev–Trinajstić information content (AvgIpc) is 2.84. The van der Waals surface area contributed by atoms with Crippen LogP contribution in [-0.4, -0.2) is 68.1 Å². The Morgan fingerprint density at radius 2 is 1.83 bits per heavy atom. The first kappa shape index (κ1) is 23.7. The van der Waals surface area contributed by atoms with Crippen LogP contribution in [0.2, 0.25) is 5.02 Å². The molecule has 6 atom stereocenters. The minimum absolute atomic E-state index is 0.140. The third-order valence-corrected chi connectivity index (χ3v) is 10.4. The van der Waals surface area contributed by atoms with Gasteiger partial charge < -0.3 is 9.47 Å². The number of aromatic nitrogens is 1. The van der Waals surface area contributed by atoms with Crippen LogP contribution in [0.1, 0.15) is 30.9 Å². The molecule has 35 heavy (non-hydrogen) atoms. The summed E-state index contributed by atoms with van der Waals surface area (Å²) in [4.78, 5) is 17.7. The van der Waals surface area contributed by atoms with Gasteiger partial charge in [0, 0.05) is 68.0 Å². The number of pyridine rings is 1. The number of nitrogens with one attached hydrogen (secondary N) is 1. The van der Waals surface area contributed by atoms with Crippen LogP contribution in [0.15, 0.2) is 52.2 Å². The second-order valence-electron chi connectivity index (χ2n) is 10.9. The first-order valence-corrected chi connectivity index (χ1v) is 14.6. The Kier molecular flexibility index (Phi) is 6.29. The molecule has 5 aliphatic heterocycles. The number of hydrogen-bond acceptors (Lipinski definition) is 5. The first-order valence-electron chi connectivity index (χ1n) is 12.8. The van der Waals surface area contributed by atoms with E-state index in [2.05, 4.69) is 20.6 Å². The van der Waals surface area contributed by atoms with Gasteiger partial charge in [-0.25, -0.2) is 13.1 Å². The fraction of sp³-hybridized carbons (Fsp3) is 0.577. The Balaban J connectivity index is 1.06. The van der Waals surface area contributed by atoms with Crippen LogP contribution < -0.4 is 10.3 Å². The highest BCUT2D eigenvalue weighted by Gasteiger charge is 2.42. The summed E-state index contributed by atoms with van der Waals surface area (Å²) in [6.07, 6.45) is 3.44. The van der Waals surface area contributed by atoms with E-state index in [1.54, 1.807) is 30.3 Å². The molecular weight excluding hydrogens is 484 g/mol. The molecule has 9 heteroatoms. The molecule has 1 unspecified atom stereocenters. The Bertz CT molecular complexity index is 1250. The number of fused-ring (bicyclic) bond motifs is 7. The molecule has 4 fully saturated rings. The van der Waals surface area contributed by atoms with E-state index in [0.717, 1.165) is 45.7 Å². The summed E-state index contributed by atoms with van der Waals surface area (Å²) in [5.41, 5.74) is 1.35. The quantitative estimate of drug-likeness (QED) is 0.639. The molecule has 0 spiro atoms. The fourth-order valence-electron chi connectivity index (χ4n) is 7.05. The van der Waals surface area contributed by atoms with Gasteiger partial charge in [0.15, 0.2) is 0 Å². The minimum Gasteiger partial charge on any atom is -0.312 e. The van der Waals surface area contributed by atoms with Crippen LogP contribution >= 0.6 is 11.6 Å². The number of likely N-dealkylation sites (tertiary alicyclic amines) is 1. The molecule has 2 aromatic rings. The molecule has 5 aliphatic rings. The average molecular weight is 517 g/mol. The zero-order valence-electron chi connectivity index (χ0n) is 19.9. The van der Waals surface area contributed by atoms with Crippen LogP contribution in [0.3, 0.4) is 0 Å². The van der Waals surface area contributed by atoms with Crippen LogP contribution in [-0.2, 0) is 16.6 Å². The number of hydrogen-bond donors (Lipinski definition) is 1. The van der Waals surface area contributed by atoms with Gasteiger partial charge in [-0.2, -0.15) is 0 Å². The summed E-state index contributed by atoms with van der Waals surface area (Å²) in [5, 5.41) is 0.529. The molecule has 7 nitrogen and oxygen atoms in total. The molecule has 1 N–H and O–H groups in total. The summed E-state index contributed by atoms with van der Waals surface area (Å²) < 4.78 is 30.3. The largest absolute Gasteiger partial charge is 0.312 e. The lowest BCUT2D eigenvalue weighted by atomic mass is 9.74. The van der Waals surface area contributed by atoms with Gasteiger partial charge in [0.1, 0.15) is 0 Å². The predicted molar refractivity (Wildman–Crippen MR) is 136 cm³/mol. The van der Waals surface area contributed by atoms with Gasteiger partial charge in [0.2, 0.25) is 10.0 Å². The van der Waals surface area contributed by atoms with Crippen molar-refractivity contribution in [1.29, 1.82) is 0 Å². The second kappa shape index (κ2) is 9.30. The fourth-order valence-corrected chi connectivity index (χ4v) is 8.25. The van der Waals surface area contributed by atoms with Crippen molar-refractivity contribution in [3.63, 3.8) is 0 Å². The Morgan fingerprint density at radius 1 is 1.00 bits per heavy atom. The Morgan fingerprint density at radius 3 is 2.60 bits per heavy atom. The maximum absolute atomic E-state index is 12.7. The van der Waals surface area contributed by atoms with Gasteiger partial charge in [0.05, 0.1) is 4.90 Å². The Hall–Kier alpha value is -1.71. The number of piperidine rings is 4. The number of rotatable bonds is 6. The lowest BCUT2D eigenvalue weighted by Crippen LogP contribution is -2.59. The van der Waals surface area contributed by atoms with Gasteiger partial charge in [0.25, 0.3) is 5.56 Å². The third kappa shape index (κ3) is 4.71. The summed E-state index contributed by atoms with van der Waals surface area (Å²) >= 11 is 5.90. The van der Waals surface area contributed by atoms with Crippen LogP contribution in [0.5, 0.6) is 0 Å². The van der Waals surface area contributed by atoms with E-state index in [9.17, 15) is 13.2 Å². The van der Waals surface area contributed by atoms with E-state index in [0.29, 0.717) is 35.2 Å². The van der Waals surface area contributed by atoms with Crippen molar-refractivity contribution < 1.29 is 8.42 Å². The summed E-state index contributed by atoms with van der Waals surface area (Å²) in [6.45, 7) is 6.61. The summed E-state index contributed by atoms with van der Waals surface area (Å²) in [7, 11) is -3.53. The van der Waals surface area contributed by atoms with Crippen molar-refractivity contribution in [2.24, 2.45) is 17.8 Å². The molecule has 0 amide bonds. The molecule has 0 radical (unpaired) electrons. The predicted octanol–water partition coefficient (Wildman–Crippen LogP) is 2.61. The van der Waals surface area contributed by atoms with Crippen molar-refractivity contribution in [3.8, 4) is 0 Å². The van der Waals surface area contributed by atoms with Gasteiger partial charge in [-0.05, 0) is 73.9 Å². The smallest absolute Gasteiger partial charge is 0.250 e. The first-order chi connectivity index (χ1) is 16.9. The molecule has 4 saturated heterocycles. The molecular formula is C26H33ClN4O3S. The molecule has 1 aromatic carbocycles. The van der Waals surface area contributed by atoms with E-state index < -0.39 is 10.0 Å². The van der Waals surface area contributed by atoms with Gasteiger partial charge in [-0.1, -0.05) is 17.7 Å². The summed E-state index contributed by atoms with van der Waals surface area (Å²) in [6, 6.07) is 12.3. The van der Waals surface area contributed by atoms with E-state index in [1.807, 2.05) is 10.6 Å². The van der Waals surface area contributed by atoms with Crippen molar-refractivity contribution >= 4 is 21.6 Å². The third-order valence-electron chi connectivity index (χ3n) is 8.70. The standard InChI is InChI=1S/C26H33ClN4O3S/c27-22-4-6-24(7-5-22)35(33,34)28-12-23-11-19-8-9-30(23)17-21(19)16-29-13-18-10-20(15-29)25-2-1-3-26(32)31(25)14-18/h1-7,18-21,23,28H,8-17H2/t18-,19-,20+,21-,23+/m0/s1. The molecule has 0 aliphatic carbocycles. The number of sulfonamides is 1. The molecule has 0 saturated carbocycles. The van der Waals surface area contributed by atoms with Crippen molar-refractivity contribution in [1.82, 2.24) is 19.1 Å². The SMILES string of the molecule is O=c1cccc2n1C[C@H]1C[C@@H]2CN(C[C@H]2CN3CC[C@H]2C[C@@H]3CNS(=O)(=O)c2ccc(Cl)cc2)C1. The molecule has 4 bridgehead atoms. The van der Waals surface area contributed by atoms with Crippen LogP contribution in [0.25, 0.3) is 0 Å².